The summed E-state index contributed by atoms with van der Waals surface area (Å²) in [5.41, 5.74) is 0.816. The molecule has 1 aliphatic carbocycles. The van der Waals surface area contributed by atoms with Gasteiger partial charge in [0.15, 0.2) is 5.78 Å². The van der Waals surface area contributed by atoms with Crippen LogP contribution >= 0.6 is 0 Å². The van der Waals surface area contributed by atoms with Gasteiger partial charge in [0, 0.05) is 29.0 Å². The molecule has 1 saturated carbocycles. The van der Waals surface area contributed by atoms with E-state index in [9.17, 15) is 17.6 Å². The Hall–Kier alpha value is -2.74. The van der Waals surface area contributed by atoms with Crippen molar-refractivity contribution in [3.05, 3.63) is 59.7 Å². The molecule has 1 aliphatic rings. The highest BCUT2D eigenvalue weighted by Crippen LogP contribution is 2.27. The van der Waals surface area contributed by atoms with Crippen LogP contribution in [0, 0.1) is 5.82 Å². The van der Waals surface area contributed by atoms with Crippen molar-refractivity contribution in [3.63, 3.8) is 0 Å². The molecule has 8 heteroatoms. The fourth-order valence-electron chi connectivity index (χ4n) is 3.67. The Morgan fingerprint density at radius 3 is 2.71 bits per heavy atom. The number of sulfonamides is 1. The van der Waals surface area contributed by atoms with Crippen molar-refractivity contribution >= 4 is 32.5 Å². The molecule has 0 atom stereocenters. The molecular formula is C20H20FN3O3S. The zero-order valence-electron chi connectivity index (χ0n) is 15.1. The number of anilines is 1. The van der Waals surface area contributed by atoms with Gasteiger partial charge in [0.05, 0.1) is 10.8 Å². The topological polar surface area (TPSA) is 91.9 Å². The average Bonchev–Trinajstić information content (AvgIpc) is 3.13. The maximum absolute atomic E-state index is 14.4. The predicted molar refractivity (Wildman–Crippen MR) is 105 cm³/mol. The minimum absolute atomic E-state index is 0.186. The van der Waals surface area contributed by atoms with E-state index in [0.29, 0.717) is 23.9 Å². The third kappa shape index (κ3) is 3.52. The summed E-state index contributed by atoms with van der Waals surface area (Å²) in [6.07, 6.45) is 7.11. The van der Waals surface area contributed by atoms with Gasteiger partial charge < -0.3 is 4.98 Å². The molecule has 2 aromatic heterocycles. The largest absolute Gasteiger partial charge is 0.345 e. The van der Waals surface area contributed by atoms with Gasteiger partial charge in [-0.05, 0) is 43.2 Å². The van der Waals surface area contributed by atoms with E-state index in [1.165, 1.54) is 18.3 Å². The summed E-state index contributed by atoms with van der Waals surface area (Å²) in [6.45, 7) is 0. The van der Waals surface area contributed by atoms with Gasteiger partial charge in [-0.25, -0.2) is 17.8 Å². The van der Waals surface area contributed by atoms with Crippen molar-refractivity contribution in [1.29, 1.82) is 0 Å². The Kier molecular flexibility index (Phi) is 4.89. The highest BCUT2D eigenvalue weighted by Gasteiger charge is 2.28. The fraction of sp³-hybridized carbons (Fsp3) is 0.300. The number of benzene rings is 1. The third-order valence-electron chi connectivity index (χ3n) is 5.16. The number of aromatic amines is 1. The highest BCUT2D eigenvalue weighted by molar-refractivity contribution is 7.93. The van der Waals surface area contributed by atoms with Gasteiger partial charge in [0.1, 0.15) is 11.5 Å². The SMILES string of the molecule is O=C(c1cc(NS(=O)(=O)C2CCCCC2)ccc1F)c1c[nH]c2ncccc12. The normalized spacial score (nSPS) is 15.6. The summed E-state index contributed by atoms with van der Waals surface area (Å²) in [6, 6.07) is 7.12. The van der Waals surface area contributed by atoms with Crippen molar-refractivity contribution in [2.45, 2.75) is 37.4 Å². The molecule has 3 aromatic rings. The van der Waals surface area contributed by atoms with Crippen LogP contribution in [0.4, 0.5) is 10.1 Å². The van der Waals surface area contributed by atoms with Crippen LogP contribution in [0.3, 0.4) is 0 Å². The molecule has 1 fully saturated rings. The van der Waals surface area contributed by atoms with Crippen LogP contribution in [0.1, 0.15) is 48.0 Å². The Bertz CT molecular complexity index is 1130. The molecular weight excluding hydrogens is 381 g/mol. The van der Waals surface area contributed by atoms with Crippen molar-refractivity contribution in [2.24, 2.45) is 0 Å². The zero-order chi connectivity index (χ0) is 19.7. The minimum atomic E-state index is -3.58. The van der Waals surface area contributed by atoms with E-state index in [1.807, 2.05) is 0 Å². The van der Waals surface area contributed by atoms with E-state index in [2.05, 4.69) is 14.7 Å². The van der Waals surface area contributed by atoms with Crippen molar-refractivity contribution in [2.75, 3.05) is 4.72 Å². The number of halogens is 1. The molecule has 0 bridgehead atoms. The first-order chi connectivity index (χ1) is 13.5. The third-order valence-corrected chi connectivity index (χ3v) is 7.03. The first-order valence-corrected chi connectivity index (χ1v) is 10.8. The maximum Gasteiger partial charge on any atom is 0.235 e. The van der Waals surface area contributed by atoms with Gasteiger partial charge in [0.2, 0.25) is 10.0 Å². The monoisotopic (exact) mass is 401 g/mol. The van der Waals surface area contributed by atoms with Crippen LogP contribution in [0.5, 0.6) is 0 Å². The van der Waals surface area contributed by atoms with Gasteiger partial charge in [0.25, 0.3) is 0 Å². The summed E-state index contributed by atoms with van der Waals surface area (Å²) < 4.78 is 42.1. The molecule has 0 unspecified atom stereocenters. The molecule has 0 amide bonds. The average molecular weight is 401 g/mol. The molecule has 0 spiro atoms. The number of hydrogen-bond acceptors (Lipinski definition) is 4. The lowest BCUT2D eigenvalue weighted by Gasteiger charge is -2.22. The van der Waals surface area contributed by atoms with Gasteiger partial charge in [-0.15, -0.1) is 0 Å². The number of hydrogen-bond donors (Lipinski definition) is 2. The quantitative estimate of drug-likeness (QED) is 0.632. The number of pyridine rings is 1. The van der Waals surface area contributed by atoms with Gasteiger partial charge in [-0.1, -0.05) is 19.3 Å². The number of carbonyl (C=O) groups excluding carboxylic acids is 1. The van der Waals surface area contributed by atoms with Crippen molar-refractivity contribution in [3.8, 4) is 0 Å². The minimum Gasteiger partial charge on any atom is -0.345 e. The number of H-pyrrole nitrogens is 1. The second-order valence-electron chi connectivity index (χ2n) is 7.03. The number of nitrogens with one attached hydrogen (secondary N) is 2. The maximum atomic E-state index is 14.4. The van der Waals surface area contributed by atoms with E-state index in [1.54, 1.807) is 18.3 Å². The zero-order valence-corrected chi connectivity index (χ0v) is 15.9. The molecule has 6 nitrogen and oxygen atoms in total. The molecule has 4 rings (SSSR count). The number of nitrogens with zero attached hydrogens (tertiary/aromatic N) is 1. The molecule has 28 heavy (non-hydrogen) atoms. The number of aromatic nitrogens is 2. The number of rotatable bonds is 5. The highest BCUT2D eigenvalue weighted by atomic mass is 32.2. The fourth-order valence-corrected chi connectivity index (χ4v) is 5.25. The smallest absolute Gasteiger partial charge is 0.235 e. The number of fused-ring (bicyclic) bond motifs is 1. The van der Waals surface area contributed by atoms with Crippen LogP contribution in [0.15, 0.2) is 42.7 Å². The van der Waals surface area contributed by atoms with Crippen LogP contribution in [0.2, 0.25) is 0 Å². The summed E-state index contributed by atoms with van der Waals surface area (Å²) in [5, 5.41) is 0.130. The summed E-state index contributed by atoms with van der Waals surface area (Å²) >= 11 is 0. The Balaban J connectivity index is 1.64. The summed E-state index contributed by atoms with van der Waals surface area (Å²) in [4.78, 5) is 19.9. The predicted octanol–water partition coefficient (Wildman–Crippen LogP) is 4.01. The molecule has 2 heterocycles. The molecule has 1 aromatic carbocycles. The summed E-state index contributed by atoms with van der Waals surface area (Å²) in [7, 11) is -3.58. The Labute approximate surface area is 162 Å². The first-order valence-electron chi connectivity index (χ1n) is 9.24. The van der Waals surface area contributed by atoms with Crippen LogP contribution in [-0.2, 0) is 10.0 Å². The first kappa shape index (κ1) is 18.6. The number of ketones is 1. The van der Waals surface area contributed by atoms with Crippen LogP contribution in [0.25, 0.3) is 11.0 Å². The summed E-state index contributed by atoms with van der Waals surface area (Å²) in [5.74, 6) is -1.24. The molecule has 146 valence electrons. The van der Waals surface area contributed by atoms with Crippen molar-refractivity contribution < 1.29 is 17.6 Å². The van der Waals surface area contributed by atoms with E-state index in [4.69, 9.17) is 0 Å². The second-order valence-corrected chi connectivity index (χ2v) is 8.99. The lowest BCUT2D eigenvalue weighted by molar-refractivity contribution is 0.103. The van der Waals surface area contributed by atoms with Crippen molar-refractivity contribution in [1.82, 2.24) is 9.97 Å². The Morgan fingerprint density at radius 1 is 1.14 bits per heavy atom. The van der Waals surface area contributed by atoms with E-state index < -0.39 is 26.9 Å². The molecule has 0 radical (unpaired) electrons. The van der Waals surface area contributed by atoms with Crippen LogP contribution < -0.4 is 4.72 Å². The standard InChI is InChI=1S/C20H20FN3O3S/c21-18-9-8-13(24-28(26,27)14-5-2-1-3-6-14)11-16(18)19(25)17-12-23-20-15(17)7-4-10-22-20/h4,7-12,14,24H,1-3,5-6H2,(H,22,23). The van der Waals surface area contributed by atoms with E-state index in [0.717, 1.165) is 25.3 Å². The van der Waals surface area contributed by atoms with Crippen LogP contribution in [-0.4, -0.2) is 29.4 Å². The van der Waals surface area contributed by atoms with E-state index in [-0.39, 0.29) is 16.8 Å². The lowest BCUT2D eigenvalue weighted by atomic mass is 10.0. The van der Waals surface area contributed by atoms with Gasteiger partial charge >= 0.3 is 0 Å². The molecule has 0 saturated heterocycles. The number of carbonyl (C=O) groups is 1. The lowest BCUT2D eigenvalue weighted by Crippen LogP contribution is -2.29. The molecule has 0 aliphatic heterocycles. The Morgan fingerprint density at radius 2 is 1.93 bits per heavy atom. The van der Waals surface area contributed by atoms with Gasteiger partial charge in [-0.2, -0.15) is 0 Å². The second kappa shape index (κ2) is 7.35. The molecule has 2 N–H and O–H groups in total. The van der Waals surface area contributed by atoms with E-state index >= 15 is 0 Å². The van der Waals surface area contributed by atoms with Gasteiger partial charge in [-0.3, -0.25) is 9.52 Å².